The van der Waals surface area contributed by atoms with Gasteiger partial charge in [0.15, 0.2) is 11.6 Å². The lowest BCUT2D eigenvalue weighted by Crippen LogP contribution is -2.30. The smallest absolute Gasteiger partial charge is 0.161 e. The van der Waals surface area contributed by atoms with Crippen LogP contribution in [0.4, 0.5) is 13.2 Å². The summed E-state index contributed by atoms with van der Waals surface area (Å²) in [6.45, 7) is 0. The predicted octanol–water partition coefficient (Wildman–Crippen LogP) is 3.20. The third-order valence-corrected chi connectivity index (χ3v) is 3.24. The highest BCUT2D eigenvalue weighted by Gasteiger charge is 2.23. The van der Waals surface area contributed by atoms with Crippen molar-refractivity contribution in [2.75, 3.05) is 0 Å². The molecule has 1 fully saturated rings. The monoisotopic (exact) mass is 254 g/mol. The molecule has 2 rings (SSSR count). The second-order valence-electron chi connectivity index (χ2n) is 4.50. The average Bonchev–Trinajstić information content (AvgIpc) is 2.84. The van der Waals surface area contributed by atoms with E-state index in [0.717, 1.165) is 31.7 Å². The zero-order valence-electron chi connectivity index (χ0n) is 9.72. The highest BCUT2D eigenvalue weighted by atomic mass is 19.2. The lowest BCUT2D eigenvalue weighted by atomic mass is 10.1. The molecule has 1 unspecified atom stereocenters. The van der Waals surface area contributed by atoms with Gasteiger partial charge in [0, 0.05) is 17.7 Å². The van der Waals surface area contributed by atoms with Crippen LogP contribution in [0.2, 0.25) is 0 Å². The van der Waals surface area contributed by atoms with Gasteiger partial charge in [0.25, 0.3) is 0 Å². The maximum Gasteiger partial charge on any atom is 0.161 e. The van der Waals surface area contributed by atoms with E-state index >= 15 is 0 Å². The number of hydrogen-bond acceptors (Lipinski definition) is 2. The SMILES string of the molecule is N#CC(NC1CCCC1)c1cc(F)c(F)cc1F. The fourth-order valence-corrected chi connectivity index (χ4v) is 2.28. The Morgan fingerprint density at radius 1 is 1.11 bits per heavy atom. The van der Waals surface area contributed by atoms with Crippen molar-refractivity contribution in [1.82, 2.24) is 5.32 Å². The molecule has 18 heavy (non-hydrogen) atoms. The van der Waals surface area contributed by atoms with Crippen molar-refractivity contribution in [3.05, 3.63) is 35.1 Å². The van der Waals surface area contributed by atoms with Crippen LogP contribution in [-0.4, -0.2) is 6.04 Å². The van der Waals surface area contributed by atoms with Gasteiger partial charge in [0.05, 0.1) is 6.07 Å². The van der Waals surface area contributed by atoms with Gasteiger partial charge in [0.2, 0.25) is 0 Å². The molecule has 1 aliphatic carbocycles. The molecule has 2 nitrogen and oxygen atoms in total. The Balaban J connectivity index is 2.21. The lowest BCUT2D eigenvalue weighted by molar-refractivity contribution is 0.458. The molecule has 0 aromatic heterocycles. The Labute approximate surface area is 103 Å². The van der Waals surface area contributed by atoms with Gasteiger partial charge in [-0.1, -0.05) is 12.8 Å². The summed E-state index contributed by atoms with van der Waals surface area (Å²) in [6, 6.07) is 2.32. The van der Waals surface area contributed by atoms with Crippen LogP contribution >= 0.6 is 0 Å². The fourth-order valence-electron chi connectivity index (χ4n) is 2.28. The summed E-state index contributed by atoms with van der Waals surface area (Å²) < 4.78 is 39.4. The summed E-state index contributed by atoms with van der Waals surface area (Å²) in [4.78, 5) is 0. The van der Waals surface area contributed by atoms with Crippen molar-refractivity contribution in [2.24, 2.45) is 0 Å². The number of hydrogen-bond donors (Lipinski definition) is 1. The van der Waals surface area contributed by atoms with Crippen LogP contribution in [-0.2, 0) is 0 Å². The molecule has 1 atom stereocenters. The van der Waals surface area contributed by atoms with Crippen LogP contribution in [0.15, 0.2) is 12.1 Å². The summed E-state index contributed by atoms with van der Waals surface area (Å²) >= 11 is 0. The first-order valence-corrected chi connectivity index (χ1v) is 5.92. The molecule has 1 aliphatic rings. The fraction of sp³-hybridized carbons (Fsp3) is 0.462. The molecule has 0 aliphatic heterocycles. The van der Waals surface area contributed by atoms with E-state index in [9.17, 15) is 13.2 Å². The second-order valence-corrected chi connectivity index (χ2v) is 4.50. The van der Waals surface area contributed by atoms with Gasteiger partial charge in [-0.25, -0.2) is 13.2 Å². The predicted molar refractivity (Wildman–Crippen MR) is 60.1 cm³/mol. The minimum absolute atomic E-state index is 0.136. The molecule has 0 saturated heterocycles. The zero-order valence-corrected chi connectivity index (χ0v) is 9.72. The maximum atomic E-state index is 13.5. The Bertz CT molecular complexity index is 476. The van der Waals surface area contributed by atoms with Gasteiger partial charge in [-0.2, -0.15) is 5.26 Å². The number of rotatable bonds is 3. The molecule has 0 bridgehead atoms. The molecule has 1 aromatic carbocycles. The first kappa shape index (κ1) is 12.9. The summed E-state index contributed by atoms with van der Waals surface area (Å²) in [5.41, 5.74) is -0.136. The van der Waals surface area contributed by atoms with Gasteiger partial charge >= 0.3 is 0 Å². The van der Waals surface area contributed by atoms with Crippen molar-refractivity contribution in [1.29, 1.82) is 5.26 Å². The van der Waals surface area contributed by atoms with Crippen LogP contribution in [0.3, 0.4) is 0 Å². The van der Waals surface area contributed by atoms with E-state index in [1.54, 1.807) is 0 Å². The Morgan fingerprint density at radius 3 is 2.33 bits per heavy atom. The molecule has 5 heteroatoms. The third kappa shape index (κ3) is 2.65. The van der Waals surface area contributed by atoms with Gasteiger partial charge < -0.3 is 0 Å². The first-order chi connectivity index (χ1) is 8.61. The number of nitrogens with zero attached hydrogens (tertiary/aromatic N) is 1. The lowest BCUT2D eigenvalue weighted by Gasteiger charge is -2.18. The highest BCUT2D eigenvalue weighted by molar-refractivity contribution is 5.27. The third-order valence-electron chi connectivity index (χ3n) is 3.24. The van der Waals surface area contributed by atoms with Gasteiger partial charge in [-0.05, 0) is 18.9 Å². The molecule has 1 aromatic rings. The zero-order chi connectivity index (χ0) is 13.1. The Morgan fingerprint density at radius 2 is 1.72 bits per heavy atom. The van der Waals surface area contributed by atoms with Crippen LogP contribution in [0.1, 0.15) is 37.3 Å². The topological polar surface area (TPSA) is 35.8 Å². The number of nitriles is 1. The molecule has 0 radical (unpaired) electrons. The van der Waals surface area contributed by atoms with Crippen molar-refractivity contribution < 1.29 is 13.2 Å². The van der Waals surface area contributed by atoms with E-state index < -0.39 is 23.5 Å². The van der Waals surface area contributed by atoms with Crippen molar-refractivity contribution in [2.45, 2.75) is 37.8 Å². The molecule has 0 amide bonds. The van der Waals surface area contributed by atoms with E-state index in [4.69, 9.17) is 5.26 Å². The van der Waals surface area contributed by atoms with E-state index in [-0.39, 0.29) is 11.6 Å². The Kier molecular flexibility index (Phi) is 3.87. The molecule has 96 valence electrons. The molecule has 1 N–H and O–H groups in total. The van der Waals surface area contributed by atoms with E-state index in [1.807, 2.05) is 6.07 Å². The van der Waals surface area contributed by atoms with Crippen LogP contribution < -0.4 is 5.32 Å². The summed E-state index contributed by atoms with van der Waals surface area (Å²) in [6.07, 6.45) is 3.97. The summed E-state index contributed by atoms with van der Waals surface area (Å²) in [7, 11) is 0. The average molecular weight is 254 g/mol. The second kappa shape index (κ2) is 5.40. The molecule has 0 heterocycles. The Hall–Kier alpha value is -1.54. The summed E-state index contributed by atoms with van der Waals surface area (Å²) in [5.74, 6) is -3.28. The van der Waals surface area contributed by atoms with Gasteiger partial charge in [-0.3, -0.25) is 5.32 Å². The van der Waals surface area contributed by atoms with E-state index in [1.165, 1.54) is 0 Å². The first-order valence-electron chi connectivity index (χ1n) is 5.92. The van der Waals surface area contributed by atoms with Gasteiger partial charge in [-0.15, -0.1) is 0 Å². The van der Waals surface area contributed by atoms with Crippen LogP contribution in [0, 0.1) is 28.8 Å². The molecule has 0 spiro atoms. The molecular weight excluding hydrogens is 241 g/mol. The van der Waals surface area contributed by atoms with Crippen molar-refractivity contribution in [3.8, 4) is 6.07 Å². The minimum Gasteiger partial charge on any atom is -0.295 e. The minimum atomic E-state index is -1.24. The number of nitrogens with one attached hydrogen (secondary N) is 1. The van der Waals surface area contributed by atoms with Crippen molar-refractivity contribution in [3.63, 3.8) is 0 Å². The highest BCUT2D eigenvalue weighted by Crippen LogP contribution is 2.24. The van der Waals surface area contributed by atoms with E-state index in [2.05, 4.69) is 5.32 Å². The summed E-state index contributed by atoms with van der Waals surface area (Å²) in [5, 5.41) is 12.0. The standard InChI is InChI=1S/C13H13F3N2/c14-10-6-12(16)11(15)5-9(10)13(7-17)18-8-3-1-2-4-8/h5-6,8,13,18H,1-4H2. The number of halogens is 3. The number of benzene rings is 1. The molecule has 1 saturated carbocycles. The molecular formula is C13H13F3N2. The maximum absolute atomic E-state index is 13.5. The van der Waals surface area contributed by atoms with E-state index in [0.29, 0.717) is 6.07 Å². The van der Waals surface area contributed by atoms with Gasteiger partial charge in [0.1, 0.15) is 11.9 Å². The van der Waals surface area contributed by atoms with Crippen LogP contribution in [0.25, 0.3) is 0 Å². The quantitative estimate of drug-likeness (QED) is 0.841. The largest absolute Gasteiger partial charge is 0.295 e. The van der Waals surface area contributed by atoms with Crippen LogP contribution in [0.5, 0.6) is 0 Å². The van der Waals surface area contributed by atoms with Crippen molar-refractivity contribution >= 4 is 0 Å². The normalized spacial score (nSPS) is 17.7.